The summed E-state index contributed by atoms with van der Waals surface area (Å²) in [5, 5.41) is 0. The van der Waals surface area contributed by atoms with Gasteiger partial charge in [-0.15, -0.1) is 4.72 Å². The number of hydrogen-bond acceptors (Lipinski definition) is 6. The van der Waals surface area contributed by atoms with Gasteiger partial charge in [0.15, 0.2) is 5.79 Å². The van der Waals surface area contributed by atoms with Crippen LogP contribution in [0, 0.1) is 0 Å². The Hall–Kier alpha value is -0.600. The van der Waals surface area contributed by atoms with E-state index < -0.39 is 11.4 Å². The highest BCUT2D eigenvalue weighted by Gasteiger charge is 2.34. The Balaban J connectivity index is 1.78. The fourth-order valence-electron chi connectivity index (χ4n) is 2.89. The van der Waals surface area contributed by atoms with Gasteiger partial charge < -0.3 is 18.4 Å². The van der Waals surface area contributed by atoms with Crippen LogP contribution in [-0.4, -0.2) is 33.3 Å². The lowest BCUT2D eigenvalue weighted by Crippen LogP contribution is -2.41. The molecule has 0 radical (unpaired) electrons. The second kappa shape index (κ2) is 9.37. The standard InChI is InChI=1S/C18H32N2O4S/c1-5-18(23-13-14-24-18)10-8-6-7-9-15(16-19-11-12-22-16)20-25(21)17(2,3)4/h11-12,15,20H,5-10,13-14H2,1-4H3/t15-,25+/m0/s1. The molecule has 2 atom stereocenters. The highest BCUT2D eigenvalue weighted by Crippen LogP contribution is 2.30. The van der Waals surface area contributed by atoms with Crippen molar-refractivity contribution in [2.75, 3.05) is 13.2 Å². The van der Waals surface area contributed by atoms with Gasteiger partial charge in [0.05, 0.1) is 19.4 Å². The Morgan fingerprint density at radius 3 is 2.56 bits per heavy atom. The lowest BCUT2D eigenvalue weighted by molar-refractivity contribution is -0.164. The highest BCUT2D eigenvalue weighted by atomic mass is 32.2. The zero-order valence-electron chi connectivity index (χ0n) is 15.9. The van der Waals surface area contributed by atoms with Crippen molar-refractivity contribution < 1.29 is 18.4 Å². The molecule has 1 saturated heterocycles. The fraction of sp³-hybridized carbons (Fsp3) is 0.833. The van der Waals surface area contributed by atoms with E-state index in [1.54, 1.807) is 12.5 Å². The molecule has 1 aliphatic heterocycles. The van der Waals surface area contributed by atoms with E-state index in [2.05, 4.69) is 16.6 Å². The first-order chi connectivity index (χ1) is 11.9. The van der Waals surface area contributed by atoms with Crippen molar-refractivity contribution in [3.63, 3.8) is 0 Å². The van der Waals surface area contributed by atoms with Crippen molar-refractivity contribution in [2.24, 2.45) is 0 Å². The van der Waals surface area contributed by atoms with Crippen LogP contribution in [0.5, 0.6) is 0 Å². The van der Waals surface area contributed by atoms with Gasteiger partial charge >= 0.3 is 0 Å². The molecule has 0 amide bonds. The highest BCUT2D eigenvalue weighted by molar-refractivity contribution is 7.90. The van der Waals surface area contributed by atoms with E-state index in [4.69, 9.17) is 13.9 Å². The van der Waals surface area contributed by atoms with Crippen molar-refractivity contribution in [2.45, 2.75) is 82.8 Å². The minimum absolute atomic E-state index is 0.130. The summed E-state index contributed by atoms with van der Waals surface area (Å²) in [5.41, 5.74) is 0. The van der Waals surface area contributed by atoms with Gasteiger partial charge in [-0.3, -0.25) is 0 Å². The topological polar surface area (TPSA) is 79.6 Å². The molecule has 0 spiro atoms. The summed E-state index contributed by atoms with van der Waals surface area (Å²) in [6, 6.07) is -0.130. The molecular weight excluding hydrogens is 340 g/mol. The molecule has 1 aromatic heterocycles. The quantitative estimate of drug-likeness (QED) is 0.496. The second-order valence-corrected chi connectivity index (χ2v) is 9.48. The van der Waals surface area contributed by atoms with E-state index in [0.717, 1.165) is 38.5 Å². The number of ether oxygens (including phenoxy) is 2. The van der Waals surface area contributed by atoms with Crippen LogP contribution in [0.1, 0.15) is 78.2 Å². The summed E-state index contributed by atoms with van der Waals surface area (Å²) in [6.45, 7) is 9.36. The zero-order valence-corrected chi connectivity index (χ0v) is 16.7. The van der Waals surface area contributed by atoms with Crippen molar-refractivity contribution in [1.29, 1.82) is 0 Å². The van der Waals surface area contributed by atoms with Crippen LogP contribution in [0.4, 0.5) is 0 Å². The van der Waals surface area contributed by atoms with E-state index in [0.29, 0.717) is 19.1 Å². The van der Waals surface area contributed by atoms with Gasteiger partial charge in [-0.05, 0) is 40.0 Å². The maximum Gasteiger partial charge on any atom is 0.215 e. The smallest absolute Gasteiger partial charge is 0.215 e. The lowest BCUT2D eigenvalue weighted by Gasteiger charge is -2.27. The summed E-state index contributed by atoms with van der Waals surface area (Å²) < 4.78 is 32.2. The summed E-state index contributed by atoms with van der Waals surface area (Å²) in [5.74, 6) is 0.235. The number of nitrogens with zero attached hydrogens (tertiary/aromatic N) is 1. The maximum absolute atomic E-state index is 12.4. The third-order valence-electron chi connectivity index (χ3n) is 4.46. The predicted molar refractivity (Wildman–Crippen MR) is 98.3 cm³/mol. The summed E-state index contributed by atoms with van der Waals surface area (Å²) >= 11 is -1.16. The van der Waals surface area contributed by atoms with Crippen molar-refractivity contribution >= 4 is 11.4 Å². The molecule has 0 saturated carbocycles. The first-order valence-corrected chi connectivity index (χ1v) is 10.4. The van der Waals surface area contributed by atoms with Gasteiger partial charge in [0.25, 0.3) is 0 Å². The van der Waals surface area contributed by atoms with E-state index >= 15 is 0 Å². The van der Waals surface area contributed by atoms with Crippen LogP contribution in [-0.2, 0) is 20.8 Å². The summed E-state index contributed by atoms with van der Waals surface area (Å²) in [7, 11) is 0. The molecule has 6 nitrogen and oxygen atoms in total. The Morgan fingerprint density at radius 2 is 2.00 bits per heavy atom. The van der Waals surface area contributed by atoms with Crippen LogP contribution in [0.3, 0.4) is 0 Å². The Kier molecular flexibility index (Phi) is 7.76. The molecule has 144 valence electrons. The van der Waals surface area contributed by atoms with Crippen LogP contribution in [0.15, 0.2) is 16.9 Å². The van der Waals surface area contributed by atoms with Crippen LogP contribution >= 0.6 is 0 Å². The number of oxazole rings is 1. The van der Waals surface area contributed by atoms with E-state index in [1.807, 2.05) is 20.8 Å². The third kappa shape index (κ3) is 6.25. The van der Waals surface area contributed by atoms with Crippen LogP contribution in [0.25, 0.3) is 0 Å². The number of nitrogens with one attached hydrogen (secondary N) is 1. The SMILES string of the molecule is CCC1(CCCCC[C@H](N[S@+]([O-])C(C)(C)C)c2ncco2)OCCO1. The van der Waals surface area contributed by atoms with Gasteiger partial charge in [0.2, 0.25) is 5.89 Å². The van der Waals surface area contributed by atoms with Gasteiger partial charge in [0, 0.05) is 17.8 Å². The number of rotatable bonds is 10. The largest absolute Gasteiger partial charge is 0.598 e. The molecule has 0 bridgehead atoms. The normalized spacial score (nSPS) is 19.9. The predicted octanol–water partition coefficient (Wildman–Crippen LogP) is 3.87. The minimum Gasteiger partial charge on any atom is -0.598 e. The average Bonchev–Trinajstić information content (AvgIpc) is 3.24. The molecule has 1 aromatic rings. The summed E-state index contributed by atoms with van der Waals surface area (Å²) in [4.78, 5) is 4.23. The van der Waals surface area contributed by atoms with Crippen molar-refractivity contribution in [3.05, 3.63) is 18.4 Å². The maximum atomic E-state index is 12.4. The first kappa shape index (κ1) is 20.7. The number of hydrogen-bond donors (Lipinski definition) is 1. The van der Waals surface area contributed by atoms with Crippen LogP contribution < -0.4 is 4.72 Å². The minimum atomic E-state index is -1.16. The third-order valence-corrected chi connectivity index (χ3v) is 6.07. The molecule has 0 aromatic carbocycles. The van der Waals surface area contributed by atoms with E-state index in [1.165, 1.54) is 0 Å². The second-order valence-electron chi connectivity index (χ2n) is 7.48. The molecule has 0 aliphatic carbocycles. The van der Waals surface area contributed by atoms with Gasteiger partial charge in [-0.25, -0.2) is 4.98 Å². The molecular formula is C18H32N2O4S. The lowest BCUT2D eigenvalue weighted by atomic mass is 10.0. The van der Waals surface area contributed by atoms with E-state index in [9.17, 15) is 4.55 Å². The van der Waals surface area contributed by atoms with Crippen LogP contribution in [0.2, 0.25) is 0 Å². The molecule has 1 fully saturated rings. The molecule has 7 heteroatoms. The molecule has 1 aliphatic rings. The summed E-state index contributed by atoms with van der Waals surface area (Å²) in [6.07, 6.45) is 8.95. The Labute approximate surface area is 154 Å². The van der Waals surface area contributed by atoms with Gasteiger partial charge in [0.1, 0.15) is 17.1 Å². The average molecular weight is 373 g/mol. The Morgan fingerprint density at radius 1 is 1.28 bits per heavy atom. The van der Waals surface area contributed by atoms with E-state index in [-0.39, 0.29) is 16.6 Å². The van der Waals surface area contributed by atoms with Gasteiger partial charge in [-0.1, -0.05) is 19.8 Å². The Bertz CT molecular complexity index is 484. The number of aromatic nitrogens is 1. The zero-order chi connectivity index (χ0) is 18.3. The molecule has 2 rings (SSSR count). The van der Waals surface area contributed by atoms with Gasteiger partial charge in [-0.2, -0.15) is 0 Å². The number of unbranched alkanes of at least 4 members (excludes halogenated alkanes) is 2. The van der Waals surface area contributed by atoms with Crippen molar-refractivity contribution in [3.8, 4) is 0 Å². The molecule has 0 unspecified atom stereocenters. The molecule has 1 N–H and O–H groups in total. The first-order valence-electron chi connectivity index (χ1n) is 9.22. The molecule has 25 heavy (non-hydrogen) atoms. The van der Waals surface area contributed by atoms with Crippen molar-refractivity contribution in [1.82, 2.24) is 9.71 Å². The fourth-order valence-corrected chi connectivity index (χ4v) is 3.72. The monoisotopic (exact) mass is 372 g/mol. The molecule has 2 heterocycles.